The Morgan fingerprint density at radius 2 is 1.94 bits per heavy atom. The van der Waals surface area contributed by atoms with Gasteiger partial charge in [0.15, 0.2) is 5.69 Å². The van der Waals surface area contributed by atoms with E-state index in [0.29, 0.717) is 22.3 Å². The first-order chi connectivity index (χ1) is 15.5. The van der Waals surface area contributed by atoms with Gasteiger partial charge in [0, 0.05) is 27.7 Å². The lowest BCUT2D eigenvalue weighted by Gasteiger charge is -2.09. The summed E-state index contributed by atoms with van der Waals surface area (Å²) in [5.74, 6) is 0.0437. The van der Waals surface area contributed by atoms with Crippen molar-refractivity contribution in [2.24, 2.45) is 10.2 Å². The molecule has 0 spiro atoms. The van der Waals surface area contributed by atoms with Gasteiger partial charge in [-0.2, -0.15) is 0 Å². The molecular formula is C23H18ClFN4O2S. The summed E-state index contributed by atoms with van der Waals surface area (Å²) < 4.78 is 21.1. The molecule has 3 aromatic carbocycles. The first-order valence-electron chi connectivity index (χ1n) is 9.58. The highest BCUT2D eigenvalue weighted by molar-refractivity contribution is 7.80. The van der Waals surface area contributed by atoms with Gasteiger partial charge < -0.3 is 19.7 Å². The van der Waals surface area contributed by atoms with Crippen molar-refractivity contribution in [2.75, 3.05) is 12.4 Å². The van der Waals surface area contributed by atoms with Crippen LogP contribution in [0.1, 0.15) is 5.56 Å². The van der Waals surface area contributed by atoms with E-state index in [1.807, 2.05) is 30.3 Å². The van der Waals surface area contributed by atoms with Crippen molar-refractivity contribution in [2.45, 2.75) is 6.54 Å². The van der Waals surface area contributed by atoms with Crippen LogP contribution in [0.25, 0.3) is 10.9 Å². The molecule has 1 heterocycles. The number of halogens is 2. The number of para-hydroxylation sites is 1. The third kappa shape index (κ3) is 4.42. The van der Waals surface area contributed by atoms with Gasteiger partial charge in [-0.3, -0.25) is 0 Å². The molecule has 9 heteroatoms. The third-order valence-corrected chi connectivity index (χ3v) is 5.40. The number of fused-ring (bicyclic) bond motifs is 1. The van der Waals surface area contributed by atoms with Gasteiger partial charge in [-0.25, -0.2) is 4.39 Å². The van der Waals surface area contributed by atoms with Crippen LogP contribution in [-0.2, 0) is 6.54 Å². The molecule has 2 N–H and O–H groups in total. The zero-order chi connectivity index (χ0) is 22.7. The number of thiocarbonyl (C=S) groups is 1. The lowest BCUT2D eigenvalue weighted by molar-refractivity contribution is 0.415. The third-order valence-electron chi connectivity index (χ3n) is 4.86. The molecule has 0 unspecified atom stereocenters. The number of hydrogen-bond donors (Lipinski definition) is 2. The molecule has 0 fully saturated rings. The van der Waals surface area contributed by atoms with Gasteiger partial charge in [-0.05, 0) is 42.5 Å². The monoisotopic (exact) mass is 468 g/mol. The molecule has 0 bridgehead atoms. The van der Waals surface area contributed by atoms with Crippen LogP contribution < -0.4 is 10.1 Å². The van der Waals surface area contributed by atoms with E-state index >= 15 is 0 Å². The zero-order valence-electron chi connectivity index (χ0n) is 16.9. The van der Waals surface area contributed by atoms with E-state index in [4.69, 9.17) is 28.6 Å². The second-order valence-electron chi connectivity index (χ2n) is 6.84. The summed E-state index contributed by atoms with van der Waals surface area (Å²) in [6, 6.07) is 18.9. The van der Waals surface area contributed by atoms with Gasteiger partial charge in [-0.15, -0.1) is 10.2 Å². The molecule has 4 aromatic rings. The number of ether oxygens (including phenoxy) is 1. The Bertz CT molecular complexity index is 1320. The summed E-state index contributed by atoms with van der Waals surface area (Å²) in [5.41, 5.74) is 1.84. The van der Waals surface area contributed by atoms with Crippen LogP contribution in [-0.4, -0.2) is 21.9 Å². The van der Waals surface area contributed by atoms with Crippen molar-refractivity contribution in [3.05, 3.63) is 83.1 Å². The SMILES string of the molecule is COc1cccc(NC(=S)N=Nc2c(O)n(Cc3c(F)cccc3Cl)c3ccccc23)c1. The van der Waals surface area contributed by atoms with E-state index < -0.39 is 5.82 Å². The first kappa shape index (κ1) is 21.7. The van der Waals surface area contributed by atoms with Crippen LogP contribution >= 0.6 is 23.8 Å². The van der Waals surface area contributed by atoms with Gasteiger partial charge >= 0.3 is 0 Å². The van der Waals surface area contributed by atoms with Crippen LogP contribution in [0.3, 0.4) is 0 Å². The second kappa shape index (κ2) is 9.33. The number of hydrogen-bond acceptors (Lipinski definition) is 4. The predicted octanol–water partition coefficient (Wildman–Crippen LogP) is 6.68. The van der Waals surface area contributed by atoms with Crippen LogP contribution in [0.4, 0.5) is 15.8 Å². The molecule has 0 aliphatic heterocycles. The molecule has 32 heavy (non-hydrogen) atoms. The van der Waals surface area contributed by atoms with Crippen molar-refractivity contribution < 1.29 is 14.2 Å². The number of benzene rings is 3. The summed E-state index contributed by atoms with van der Waals surface area (Å²) >= 11 is 11.4. The number of methoxy groups -OCH3 is 1. The summed E-state index contributed by atoms with van der Waals surface area (Å²) in [6.45, 7) is 0.0277. The molecule has 0 radical (unpaired) electrons. The Hall–Kier alpha value is -3.49. The number of nitrogens with zero attached hydrogens (tertiary/aromatic N) is 3. The fraction of sp³-hybridized carbons (Fsp3) is 0.0870. The van der Waals surface area contributed by atoms with E-state index in [-0.39, 0.29) is 33.8 Å². The second-order valence-corrected chi connectivity index (χ2v) is 7.63. The van der Waals surface area contributed by atoms with Gasteiger partial charge in [0.05, 0.1) is 19.2 Å². The number of rotatable bonds is 5. The minimum atomic E-state index is -0.457. The Morgan fingerprint density at radius 3 is 2.72 bits per heavy atom. The standard InChI is InChI=1S/C23H18ClFN4O2S/c1-31-15-7-4-6-14(12-15)26-23(32)28-27-21-16-8-2-3-11-20(16)29(22(21)30)13-17-18(24)9-5-10-19(17)25/h2-12,30H,13H2,1H3,(H,26,32). The Morgan fingerprint density at radius 1 is 1.16 bits per heavy atom. The van der Waals surface area contributed by atoms with E-state index in [2.05, 4.69) is 15.5 Å². The van der Waals surface area contributed by atoms with Crippen molar-refractivity contribution in [1.82, 2.24) is 4.57 Å². The maximum atomic E-state index is 14.3. The maximum absolute atomic E-state index is 14.3. The molecule has 0 saturated heterocycles. The molecule has 0 aliphatic rings. The van der Waals surface area contributed by atoms with Gasteiger partial charge in [0.25, 0.3) is 0 Å². The van der Waals surface area contributed by atoms with E-state index in [1.165, 1.54) is 16.7 Å². The minimum absolute atomic E-state index is 0.0277. The summed E-state index contributed by atoms with van der Waals surface area (Å²) in [7, 11) is 1.57. The number of aromatic hydroxyl groups is 1. The Labute approximate surface area is 193 Å². The van der Waals surface area contributed by atoms with Crippen LogP contribution in [0, 0.1) is 5.82 Å². The first-order valence-corrected chi connectivity index (χ1v) is 10.4. The molecule has 1 aromatic heterocycles. The molecule has 0 aliphatic carbocycles. The van der Waals surface area contributed by atoms with Crippen molar-refractivity contribution in [3.63, 3.8) is 0 Å². The number of nitrogens with one attached hydrogen (secondary N) is 1. The zero-order valence-corrected chi connectivity index (χ0v) is 18.5. The van der Waals surface area contributed by atoms with Crippen molar-refractivity contribution in [1.29, 1.82) is 0 Å². The van der Waals surface area contributed by atoms with Crippen molar-refractivity contribution in [3.8, 4) is 11.6 Å². The normalized spacial score (nSPS) is 11.2. The largest absolute Gasteiger partial charge is 0.497 e. The fourth-order valence-corrected chi connectivity index (χ4v) is 3.70. The van der Waals surface area contributed by atoms with Crippen LogP contribution in [0.5, 0.6) is 11.6 Å². The highest BCUT2D eigenvalue weighted by atomic mass is 35.5. The lowest BCUT2D eigenvalue weighted by atomic mass is 10.2. The molecule has 0 saturated carbocycles. The summed E-state index contributed by atoms with van der Waals surface area (Å²) in [4.78, 5) is 0. The van der Waals surface area contributed by atoms with E-state index in [1.54, 1.807) is 31.4 Å². The quantitative estimate of drug-likeness (QED) is 0.253. The average molecular weight is 469 g/mol. The number of azo groups is 1. The Balaban J connectivity index is 1.66. The van der Waals surface area contributed by atoms with Crippen molar-refractivity contribution >= 4 is 51.2 Å². The van der Waals surface area contributed by atoms with E-state index in [9.17, 15) is 9.50 Å². The van der Waals surface area contributed by atoms with Gasteiger partial charge in [-0.1, -0.05) is 41.9 Å². The summed E-state index contributed by atoms with van der Waals surface area (Å²) in [6.07, 6.45) is 0. The number of aromatic nitrogens is 1. The van der Waals surface area contributed by atoms with Crippen LogP contribution in [0.15, 0.2) is 77.0 Å². The lowest BCUT2D eigenvalue weighted by Crippen LogP contribution is -2.04. The fourth-order valence-electron chi connectivity index (χ4n) is 3.32. The van der Waals surface area contributed by atoms with Crippen LogP contribution in [0.2, 0.25) is 5.02 Å². The summed E-state index contributed by atoms with van der Waals surface area (Å²) in [5, 5.41) is 23.1. The predicted molar refractivity (Wildman–Crippen MR) is 128 cm³/mol. The Kier molecular flexibility index (Phi) is 6.34. The average Bonchev–Trinajstić information content (AvgIpc) is 3.05. The highest BCUT2D eigenvalue weighted by Crippen LogP contribution is 2.40. The number of anilines is 1. The molecule has 162 valence electrons. The van der Waals surface area contributed by atoms with E-state index in [0.717, 1.165) is 0 Å². The molecule has 4 rings (SSSR count). The molecular weight excluding hydrogens is 451 g/mol. The minimum Gasteiger partial charge on any atom is -0.497 e. The van der Waals surface area contributed by atoms with Gasteiger partial charge in [0.1, 0.15) is 11.6 Å². The van der Waals surface area contributed by atoms with Gasteiger partial charge in [0.2, 0.25) is 11.0 Å². The molecule has 0 atom stereocenters. The highest BCUT2D eigenvalue weighted by Gasteiger charge is 2.19. The smallest absolute Gasteiger partial charge is 0.221 e. The molecule has 6 nitrogen and oxygen atoms in total. The topological polar surface area (TPSA) is 71.1 Å². The molecule has 0 amide bonds. The maximum Gasteiger partial charge on any atom is 0.221 e.